The summed E-state index contributed by atoms with van der Waals surface area (Å²) in [4.78, 5) is 10.2. The van der Waals surface area contributed by atoms with Crippen LogP contribution in [0.4, 0.5) is 0 Å². The van der Waals surface area contributed by atoms with Crippen LogP contribution in [0, 0.1) is 0 Å². The summed E-state index contributed by atoms with van der Waals surface area (Å²) >= 11 is -1.83. The third-order valence-electron chi connectivity index (χ3n) is 0.705. The van der Waals surface area contributed by atoms with Gasteiger partial charge in [0.1, 0.15) is 0 Å². The van der Waals surface area contributed by atoms with E-state index in [-0.39, 0.29) is 0 Å². The van der Waals surface area contributed by atoms with Gasteiger partial charge in [-0.3, -0.25) is 0 Å². The van der Waals surface area contributed by atoms with Crippen molar-refractivity contribution >= 4 is 17.3 Å². The van der Waals surface area contributed by atoms with Crippen molar-refractivity contribution < 1.29 is 17.4 Å². The van der Waals surface area contributed by atoms with Crippen molar-refractivity contribution in [2.45, 2.75) is 13.0 Å². The van der Waals surface area contributed by atoms with Gasteiger partial charge in [0.25, 0.3) is 0 Å². The molecule has 0 aromatic carbocycles. The molecule has 1 rings (SSSR count). The van der Waals surface area contributed by atoms with Crippen LogP contribution >= 0.6 is 0 Å². The first-order valence-electron chi connectivity index (χ1n) is 2.01. The minimum absolute atomic E-state index is 0.566. The molecule has 0 radical (unpaired) electrons. The normalized spacial score (nSPS) is 37.4. The van der Waals surface area contributed by atoms with Crippen LogP contribution in [0.15, 0.2) is 0 Å². The SMILES string of the molecule is CC1OS(=O)OC1=O. The Balaban J connectivity index is 2.64. The predicted molar refractivity (Wildman–Crippen MR) is 24.8 cm³/mol. The summed E-state index contributed by atoms with van der Waals surface area (Å²) in [6, 6.07) is 0. The fraction of sp³-hybridized carbons (Fsp3) is 0.667. The van der Waals surface area contributed by atoms with Crippen LogP contribution in [0.5, 0.6) is 0 Å². The van der Waals surface area contributed by atoms with Crippen molar-refractivity contribution in [2.75, 3.05) is 0 Å². The van der Waals surface area contributed by atoms with E-state index in [4.69, 9.17) is 0 Å². The molecule has 4 nitrogen and oxygen atoms in total. The molecule has 8 heavy (non-hydrogen) atoms. The van der Waals surface area contributed by atoms with Gasteiger partial charge in [0, 0.05) is 0 Å². The van der Waals surface area contributed by atoms with Gasteiger partial charge in [-0.25, -0.2) is 8.98 Å². The lowest BCUT2D eigenvalue weighted by molar-refractivity contribution is -0.135. The van der Waals surface area contributed by atoms with Crippen molar-refractivity contribution in [1.82, 2.24) is 0 Å². The molecule has 0 saturated carbocycles. The number of hydrogen-bond donors (Lipinski definition) is 0. The molecule has 1 fully saturated rings. The van der Waals surface area contributed by atoms with Gasteiger partial charge in [0.15, 0.2) is 6.10 Å². The van der Waals surface area contributed by atoms with Gasteiger partial charge in [-0.2, -0.15) is 4.21 Å². The maximum Gasteiger partial charge on any atom is 0.363 e. The maximum absolute atomic E-state index is 10.2. The summed E-state index contributed by atoms with van der Waals surface area (Å²) in [5, 5.41) is 0. The molecule has 0 N–H and O–H groups in total. The Kier molecular flexibility index (Phi) is 1.31. The predicted octanol–water partition coefficient (Wildman–Crippen LogP) is -0.473. The molecule has 2 unspecified atom stereocenters. The molecule has 1 aliphatic rings. The molecular formula is C3H4O4S. The van der Waals surface area contributed by atoms with E-state index < -0.39 is 23.4 Å². The van der Waals surface area contributed by atoms with Crippen molar-refractivity contribution in [3.05, 3.63) is 0 Å². The average Bonchev–Trinajstić information content (AvgIpc) is 1.85. The first kappa shape index (κ1) is 5.71. The molecule has 1 aliphatic heterocycles. The minimum atomic E-state index is -1.83. The standard InChI is InChI=1S/C3H4O4S/c1-2-3(4)7-8(5)6-2/h2H,1H3. The summed E-state index contributed by atoms with van der Waals surface area (Å²) in [5.41, 5.74) is 0. The lowest BCUT2D eigenvalue weighted by Crippen LogP contribution is -2.09. The Morgan fingerprint density at radius 1 is 1.75 bits per heavy atom. The molecule has 2 atom stereocenters. The largest absolute Gasteiger partial charge is 0.363 e. The Morgan fingerprint density at radius 3 is 2.50 bits per heavy atom. The molecule has 5 heteroatoms. The molecule has 1 saturated heterocycles. The van der Waals surface area contributed by atoms with Crippen LogP contribution in [-0.2, 0) is 24.5 Å². The molecule has 0 aromatic heterocycles. The van der Waals surface area contributed by atoms with E-state index in [0.717, 1.165) is 0 Å². The average molecular weight is 136 g/mol. The minimum Gasteiger partial charge on any atom is -0.341 e. The Hall–Kier alpha value is -0.420. The van der Waals surface area contributed by atoms with Gasteiger partial charge in [0.05, 0.1) is 0 Å². The summed E-state index contributed by atoms with van der Waals surface area (Å²) in [5.74, 6) is -0.566. The van der Waals surface area contributed by atoms with E-state index in [2.05, 4.69) is 8.37 Å². The molecule has 0 bridgehead atoms. The highest BCUT2D eigenvalue weighted by Gasteiger charge is 2.29. The summed E-state index contributed by atoms with van der Waals surface area (Å²) in [6.07, 6.45) is -0.671. The highest BCUT2D eigenvalue weighted by molar-refractivity contribution is 7.76. The molecule has 0 aromatic rings. The van der Waals surface area contributed by atoms with Gasteiger partial charge in [-0.1, -0.05) is 0 Å². The second kappa shape index (κ2) is 1.83. The van der Waals surface area contributed by atoms with Crippen molar-refractivity contribution in [2.24, 2.45) is 0 Å². The zero-order valence-corrected chi connectivity index (χ0v) is 4.94. The van der Waals surface area contributed by atoms with E-state index in [1.807, 2.05) is 0 Å². The van der Waals surface area contributed by atoms with Crippen LogP contribution < -0.4 is 0 Å². The third kappa shape index (κ3) is 0.873. The van der Waals surface area contributed by atoms with Gasteiger partial charge < -0.3 is 4.18 Å². The summed E-state index contributed by atoms with van der Waals surface area (Å²) < 4.78 is 18.6. The molecule has 0 spiro atoms. The van der Waals surface area contributed by atoms with Crippen LogP contribution in [0.25, 0.3) is 0 Å². The summed E-state index contributed by atoms with van der Waals surface area (Å²) in [7, 11) is 0. The first-order valence-corrected chi connectivity index (χ1v) is 3.01. The van der Waals surface area contributed by atoms with E-state index in [0.29, 0.717) is 0 Å². The number of carbonyl (C=O) groups excluding carboxylic acids is 1. The molecule has 46 valence electrons. The zero-order chi connectivity index (χ0) is 6.15. The van der Waals surface area contributed by atoms with Crippen LogP contribution in [-0.4, -0.2) is 16.3 Å². The second-order valence-electron chi connectivity index (χ2n) is 1.34. The van der Waals surface area contributed by atoms with Crippen molar-refractivity contribution in [3.63, 3.8) is 0 Å². The maximum atomic E-state index is 10.2. The lowest BCUT2D eigenvalue weighted by Gasteiger charge is -1.84. The van der Waals surface area contributed by atoms with Gasteiger partial charge in [-0.15, -0.1) is 0 Å². The Bertz CT molecular complexity index is 142. The Morgan fingerprint density at radius 2 is 2.38 bits per heavy atom. The van der Waals surface area contributed by atoms with E-state index >= 15 is 0 Å². The van der Waals surface area contributed by atoms with E-state index in [1.165, 1.54) is 6.92 Å². The number of rotatable bonds is 0. The van der Waals surface area contributed by atoms with Crippen LogP contribution in [0.3, 0.4) is 0 Å². The second-order valence-corrected chi connectivity index (χ2v) is 2.11. The molecule has 0 aliphatic carbocycles. The molecule has 1 heterocycles. The smallest absolute Gasteiger partial charge is 0.341 e. The quantitative estimate of drug-likeness (QED) is 0.451. The highest BCUT2D eigenvalue weighted by Crippen LogP contribution is 2.08. The number of carbonyl (C=O) groups is 1. The van der Waals surface area contributed by atoms with Crippen LogP contribution in [0.1, 0.15) is 6.92 Å². The van der Waals surface area contributed by atoms with Gasteiger partial charge in [0.2, 0.25) is 0 Å². The van der Waals surface area contributed by atoms with Crippen molar-refractivity contribution in [1.29, 1.82) is 0 Å². The van der Waals surface area contributed by atoms with Crippen LogP contribution in [0.2, 0.25) is 0 Å². The third-order valence-corrected chi connectivity index (χ3v) is 1.45. The fourth-order valence-corrected chi connectivity index (χ4v) is 0.935. The first-order chi connectivity index (χ1) is 3.70. The van der Waals surface area contributed by atoms with E-state index in [9.17, 15) is 9.00 Å². The topological polar surface area (TPSA) is 52.6 Å². The van der Waals surface area contributed by atoms with Gasteiger partial charge >= 0.3 is 17.3 Å². The number of hydrogen-bond acceptors (Lipinski definition) is 4. The van der Waals surface area contributed by atoms with Crippen molar-refractivity contribution in [3.8, 4) is 0 Å². The highest BCUT2D eigenvalue weighted by atomic mass is 32.2. The fourth-order valence-electron chi connectivity index (χ4n) is 0.312. The van der Waals surface area contributed by atoms with Gasteiger partial charge in [-0.05, 0) is 6.92 Å². The monoisotopic (exact) mass is 136 g/mol. The molecular weight excluding hydrogens is 132 g/mol. The Labute approximate surface area is 48.6 Å². The summed E-state index contributed by atoms with van der Waals surface area (Å²) in [6.45, 7) is 1.48. The zero-order valence-electron chi connectivity index (χ0n) is 4.12. The lowest BCUT2D eigenvalue weighted by atomic mass is 10.4. The van der Waals surface area contributed by atoms with E-state index in [1.54, 1.807) is 0 Å². The molecule has 0 amide bonds.